The van der Waals surface area contributed by atoms with E-state index in [2.05, 4.69) is 22.9 Å². The third-order valence-electron chi connectivity index (χ3n) is 1.31. The lowest BCUT2D eigenvalue weighted by Crippen LogP contribution is -2.09. The summed E-state index contributed by atoms with van der Waals surface area (Å²) < 4.78 is 0. The summed E-state index contributed by atoms with van der Waals surface area (Å²) in [7, 11) is -1.12. The molecule has 0 aliphatic carbocycles. The Morgan fingerprint density at radius 2 is 2.00 bits per heavy atom. The predicted molar refractivity (Wildman–Crippen MR) is 47.2 cm³/mol. The minimum absolute atomic E-state index is 0.500. The maximum absolute atomic E-state index is 8.46. The summed E-state index contributed by atoms with van der Waals surface area (Å²) in [6, 6.07) is 0. The number of halogens is 1. The highest BCUT2D eigenvalue weighted by Gasteiger charge is 2.05. The Hall–Kier alpha value is 0.465. The van der Waals surface area contributed by atoms with Gasteiger partial charge >= 0.3 is 7.12 Å². The van der Waals surface area contributed by atoms with Crippen molar-refractivity contribution in [3.63, 3.8) is 0 Å². The van der Waals surface area contributed by atoms with Crippen LogP contribution in [0.2, 0.25) is 6.32 Å². The van der Waals surface area contributed by atoms with Crippen molar-refractivity contribution < 1.29 is 10.0 Å². The molecule has 0 amide bonds. The summed E-state index contributed by atoms with van der Waals surface area (Å²) in [6.07, 6.45) is 3.56. The van der Waals surface area contributed by atoms with Gasteiger partial charge in [0.2, 0.25) is 0 Å². The fourth-order valence-electron chi connectivity index (χ4n) is 0.753. The van der Waals surface area contributed by atoms with Crippen LogP contribution in [0.5, 0.6) is 0 Å². The molecule has 2 nitrogen and oxygen atoms in total. The van der Waals surface area contributed by atoms with Gasteiger partial charge in [0, 0.05) is 4.83 Å². The third kappa shape index (κ3) is 8.46. The molecule has 0 heterocycles. The molecule has 0 fully saturated rings. The van der Waals surface area contributed by atoms with Crippen molar-refractivity contribution in [1.29, 1.82) is 0 Å². The zero-order valence-corrected chi connectivity index (χ0v) is 7.84. The first-order chi connectivity index (χ1) is 4.63. The normalized spacial score (nSPS) is 13.2. The zero-order valence-electron chi connectivity index (χ0n) is 6.26. The number of rotatable bonds is 5. The van der Waals surface area contributed by atoms with Gasteiger partial charge in [-0.3, -0.25) is 0 Å². The van der Waals surface area contributed by atoms with Crippen molar-refractivity contribution in [3.05, 3.63) is 0 Å². The van der Waals surface area contributed by atoms with Crippen molar-refractivity contribution >= 4 is 23.0 Å². The summed E-state index contributed by atoms with van der Waals surface area (Å²) in [5, 5.41) is 16.9. The van der Waals surface area contributed by atoms with Crippen LogP contribution in [-0.2, 0) is 0 Å². The van der Waals surface area contributed by atoms with Gasteiger partial charge in [0.05, 0.1) is 0 Å². The van der Waals surface area contributed by atoms with Crippen LogP contribution in [0.3, 0.4) is 0 Å². The Balaban J connectivity index is 2.91. The van der Waals surface area contributed by atoms with Crippen molar-refractivity contribution in [2.45, 2.75) is 37.3 Å². The van der Waals surface area contributed by atoms with Crippen molar-refractivity contribution in [3.8, 4) is 0 Å². The lowest BCUT2D eigenvalue weighted by molar-refractivity contribution is 0.401. The molecule has 0 aromatic heterocycles. The van der Waals surface area contributed by atoms with Crippen molar-refractivity contribution in [1.82, 2.24) is 0 Å². The van der Waals surface area contributed by atoms with Gasteiger partial charge in [0.25, 0.3) is 0 Å². The van der Waals surface area contributed by atoms with Crippen LogP contribution in [-0.4, -0.2) is 22.0 Å². The average Bonchev–Trinajstić information content (AvgIpc) is 1.79. The molecule has 2 N–H and O–H groups in total. The van der Waals surface area contributed by atoms with Crippen LogP contribution in [0, 0.1) is 0 Å². The Morgan fingerprint density at radius 3 is 2.40 bits per heavy atom. The minimum atomic E-state index is -1.12. The van der Waals surface area contributed by atoms with Gasteiger partial charge in [-0.1, -0.05) is 35.7 Å². The van der Waals surface area contributed by atoms with E-state index in [0.29, 0.717) is 11.1 Å². The Kier molecular flexibility index (Phi) is 6.48. The van der Waals surface area contributed by atoms with Crippen molar-refractivity contribution in [2.75, 3.05) is 0 Å². The highest BCUT2D eigenvalue weighted by atomic mass is 79.9. The first-order valence-corrected chi connectivity index (χ1v) is 4.54. The molecule has 0 aromatic rings. The quantitative estimate of drug-likeness (QED) is 0.408. The van der Waals surface area contributed by atoms with E-state index in [1.54, 1.807) is 0 Å². The van der Waals surface area contributed by atoms with E-state index in [1.807, 2.05) is 0 Å². The van der Waals surface area contributed by atoms with Gasteiger partial charge in [-0.05, 0) is 12.7 Å². The smallest absolute Gasteiger partial charge is 0.427 e. The maximum atomic E-state index is 8.46. The molecule has 0 aromatic carbocycles. The first kappa shape index (κ1) is 10.5. The summed E-state index contributed by atoms with van der Waals surface area (Å²) in [5.41, 5.74) is 0. The molecular formula is C6H14BBrO2. The minimum Gasteiger partial charge on any atom is -0.427 e. The molecule has 1 unspecified atom stereocenters. The summed E-state index contributed by atoms with van der Waals surface area (Å²) >= 11 is 3.42. The lowest BCUT2D eigenvalue weighted by atomic mass is 9.83. The van der Waals surface area contributed by atoms with Crippen LogP contribution >= 0.6 is 15.9 Å². The Labute approximate surface area is 70.9 Å². The van der Waals surface area contributed by atoms with Gasteiger partial charge in [-0.15, -0.1) is 0 Å². The standard InChI is InChI=1S/C6H14BBrO2/c1-6(8)4-2-3-5-7(9)10/h6,9-10H,2-5H2,1H3. The fraction of sp³-hybridized carbons (Fsp3) is 1.00. The number of unbranched alkanes of at least 4 members (excludes halogenated alkanes) is 1. The molecular weight excluding hydrogens is 195 g/mol. The molecule has 0 rings (SSSR count). The number of alkyl halides is 1. The van der Waals surface area contributed by atoms with Gasteiger partial charge in [-0.2, -0.15) is 0 Å². The van der Waals surface area contributed by atoms with Crippen LogP contribution in [0.15, 0.2) is 0 Å². The molecule has 0 spiro atoms. The van der Waals surface area contributed by atoms with Crippen molar-refractivity contribution in [2.24, 2.45) is 0 Å². The van der Waals surface area contributed by atoms with Gasteiger partial charge in [0.15, 0.2) is 0 Å². The van der Waals surface area contributed by atoms with E-state index in [-0.39, 0.29) is 0 Å². The monoisotopic (exact) mass is 208 g/mol. The first-order valence-electron chi connectivity index (χ1n) is 3.63. The molecule has 60 valence electrons. The molecule has 10 heavy (non-hydrogen) atoms. The third-order valence-corrected chi connectivity index (χ3v) is 1.77. The van der Waals surface area contributed by atoms with E-state index in [4.69, 9.17) is 10.0 Å². The SMILES string of the molecule is CC(Br)CCCCB(O)O. The van der Waals surface area contributed by atoms with E-state index in [9.17, 15) is 0 Å². The molecule has 1 atom stereocenters. The highest BCUT2D eigenvalue weighted by Crippen LogP contribution is 2.10. The van der Waals surface area contributed by atoms with Crippen LogP contribution < -0.4 is 0 Å². The summed E-state index contributed by atoms with van der Waals surface area (Å²) in [5.74, 6) is 0. The average molecular weight is 209 g/mol. The highest BCUT2D eigenvalue weighted by molar-refractivity contribution is 9.09. The van der Waals surface area contributed by atoms with E-state index in [1.165, 1.54) is 0 Å². The molecule has 4 heteroatoms. The second-order valence-corrected chi connectivity index (χ2v) is 4.11. The number of hydrogen-bond donors (Lipinski definition) is 2. The Bertz CT molecular complexity index is 68.1. The molecule has 0 aliphatic heterocycles. The summed E-state index contributed by atoms with van der Waals surface area (Å²) in [4.78, 5) is 0.545. The Morgan fingerprint density at radius 1 is 1.40 bits per heavy atom. The lowest BCUT2D eigenvalue weighted by Gasteiger charge is -2.01. The largest absolute Gasteiger partial charge is 0.451 e. The molecule has 0 aliphatic rings. The van der Waals surface area contributed by atoms with E-state index in [0.717, 1.165) is 19.3 Å². The topological polar surface area (TPSA) is 40.5 Å². The predicted octanol–water partition coefficient (Wildman–Crippen LogP) is 1.41. The van der Waals surface area contributed by atoms with Crippen LogP contribution in [0.1, 0.15) is 26.2 Å². The van der Waals surface area contributed by atoms with E-state index < -0.39 is 7.12 Å². The van der Waals surface area contributed by atoms with E-state index >= 15 is 0 Å². The number of hydrogen-bond acceptors (Lipinski definition) is 2. The van der Waals surface area contributed by atoms with Gasteiger partial charge in [-0.25, -0.2) is 0 Å². The second-order valence-electron chi connectivity index (χ2n) is 2.55. The molecule has 0 bridgehead atoms. The van der Waals surface area contributed by atoms with Gasteiger partial charge in [0.1, 0.15) is 0 Å². The van der Waals surface area contributed by atoms with Crippen LogP contribution in [0.4, 0.5) is 0 Å². The molecule has 0 saturated heterocycles. The van der Waals surface area contributed by atoms with Crippen LogP contribution in [0.25, 0.3) is 0 Å². The molecule has 0 saturated carbocycles. The zero-order chi connectivity index (χ0) is 7.98. The van der Waals surface area contributed by atoms with Gasteiger partial charge < -0.3 is 10.0 Å². The molecule has 0 radical (unpaired) electrons. The maximum Gasteiger partial charge on any atom is 0.451 e. The summed E-state index contributed by atoms with van der Waals surface area (Å²) in [6.45, 7) is 2.09. The second kappa shape index (κ2) is 6.19. The fourth-order valence-corrected chi connectivity index (χ4v) is 1.08.